The summed E-state index contributed by atoms with van der Waals surface area (Å²) in [5, 5.41) is 13.1. The van der Waals surface area contributed by atoms with E-state index in [0.29, 0.717) is 18.2 Å². The van der Waals surface area contributed by atoms with Gasteiger partial charge in [-0.1, -0.05) is 54.6 Å². The maximum Gasteiger partial charge on any atom is 0.404 e. The molecule has 164 valence electrons. The molecule has 3 aromatic carbocycles. The average Bonchev–Trinajstić information content (AvgIpc) is 2.72. The molecule has 7 nitrogen and oxygen atoms in total. The number of nitrogens with zero attached hydrogens (tertiary/aromatic N) is 1. The van der Waals surface area contributed by atoms with Crippen LogP contribution in [0.15, 0.2) is 71.6 Å². The molecule has 3 rings (SSSR count). The Kier molecular flexibility index (Phi) is 7.14. The number of sulfonamides is 1. The number of benzene rings is 3. The van der Waals surface area contributed by atoms with Crippen molar-refractivity contribution in [1.29, 1.82) is 0 Å². The minimum atomic E-state index is -3.77. The van der Waals surface area contributed by atoms with Crippen LogP contribution in [-0.2, 0) is 16.4 Å². The van der Waals surface area contributed by atoms with Crippen molar-refractivity contribution in [2.24, 2.45) is 0 Å². The van der Waals surface area contributed by atoms with E-state index in [9.17, 15) is 13.2 Å². The van der Waals surface area contributed by atoms with Crippen molar-refractivity contribution in [2.75, 3.05) is 25.5 Å². The van der Waals surface area contributed by atoms with Crippen LogP contribution in [-0.4, -0.2) is 46.3 Å². The van der Waals surface area contributed by atoms with E-state index in [1.807, 2.05) is 67.5 Å². The lowest BCUT2D eigenvalue weighted by Gasteiger charge is -2.19. The second kappa shape index (κ2) is 9.80. The maximum absolute atomic E-state index is 13.0. The molecule has 0 aliphatic rings. The Bertz CT molecular complexity index is 1150. The lowest BCUT2D eigenvalue weighted by molar-refractivity contribution is 0.189. The van der Waals surface area contributed by atoms with Crippen LogP contribution in [0.3, 0.4) is 0 Å². The number of anilines is 1. The second-order valence-corrected chi connectivity index (χ2v) is 9.28. The summed E-state index contributed by atoms with van der Waals surface area (Å²) >= 11 is 0. The van der Waals surface area contributed by atoms with Gasteiger partial charge in [0.05, 0.1) is 4.90 Å². The average molecular weight is 442 g/mol. The summed E-state index contributed by atoms with van der Waals surface area (Å²) in [5.74, 6) is 0. The molecule has 1 atom stereocenters. The van der Waals surface area contributed by atoms with Crippen LogP contribution in [0.5, 0.6) is 0 Å². The van der Waals surface area contributed by atoms with Crippen molar-refractivity contribution in [1.82, 2.24) is 10.0 Å². The van der Waals surface area contributed by atoms with E-state index in [4.69, 9.17) is 5.11 Å². The SMILES string of the molecule is CN(C)c1cccc2c(S(=O)(=O)NCCC(Cc3ccccc3)NC(=O)O)cccc12. The van der Waals surface area contributed by atoms with E-state index in [0.717, 1.165) is 16.6 Å². The van der Waals surface area contributed by atoms with Gasteiger partial charge in [0.2, 0.25) is 10.0 Å². The number of rotatable bonds is 9. The molecule has 1 amide bonds. The van der Waals surface area contributed by atoms with Crippen LogP contribution >= 0.6 is 0 Å². The zero-order valence-electron chi connectivity index (χ0n) is 17.6. The summed E-state index contributed by atoms with van der Waals surface area (Å²) in [6, 6.07) is 19.9. The van der Waals surface area contributed by atoms with Gasteiger partial charge in [-0.15, -0.1) is 0 Å². The van der Waals surface area contributed by atoms with E-state index in [1.54, 1.807) is 18.2 Å². The molecule has 0 saturated carbocycles. The van der Waals surface area contributed by atoms with Gasteiger partial charge in [0.15, 0.2) is 0 Å². The highest BCUT2D eigenvalue weighted by Crippen LogP contribution is 2.30. The Labute approximate surface area is 182 Å². The first-order chi connectivity index (χ1) is 14.8. The molecule has 0 saturated heterocycles. The maximum atomic E-state index is 13.0. The number of hydrogen-bond donors (Lipinski definition) is 3. The molecule has 0 radical (unpaired) electrons. The van der Waals surface area contributed by atoms with Gasteiger partial charge in [-0.05, 0) is 30.5 Å². The predicted molar refractivity (Wildman–Crippen MR) is 123 cm³/mol. The van der Waals surface area contributed by atoms with Gasteiger partial charge in [-0.2, -0.15) is 0 Å². The van der Waals surface area contributed by atoms with Crippen LogP contribution in [0.25, 0.3) is 10.8 Å². The monoisotopic (exact) mass is 441 g/mol. The molecule has 0 heterocycles. The Hall–Kier alpha value is -3.10. The minimum absolute atomic E-state index is 0.115. The van der Waals surface area contributed by atoms with Gasteiger partial charge in [-0.3, -0.25) is 0 Å². The zero-order chi connectivity index (χ0) is 22.4. The van der Waals surface area contributed by atoms with Crippen molar-refractivity contribution < 1.29 is 18.3 Å². The molecule has 1 unspecified atom stereocenters. The molecular weight excluding hydrogens is 414 g/mol. The molecular formula is C23H27N3O4S. The summed E-state index contributed by atoms with van der Waals surface area (Å²) in [4.78, 5) is 13.3. The van der Waals surface area contributed by atoms with Crippen LogP contribution < -0.4 is 14.9 Å². The largest absolute Gasteiger partial charge is 0.465 e. The molecule has 0 bridgehead atoms. The summed E-state index contributed by atoms with van der Waals surface area (Å²) in [7, 11) is 0.0564. The normalized spacial score (nSPS) is 12.5. The second-order valence-electron chi connectivity index (χ2n) is 7.55. The van der Waals surface area contributed by atoms with Gasteiger partial charge < -0.3 is 15.3 Å². The Balaban J connectivity index is 1.76. The lowest BCUT2D eigenvalue weighted by Crippen LogP contribution is -2.38. The van der Waals surface area contributed by atoms with E-state index >= 15 is 0 Å². The Morgan fingerprint density at radius 1 is 0.968 bits per heavy atom. The molecule has 0 fully saturated rings. The molecule has 0 aliphatic heterocycles. The highest BCUT2D eigenvalue weighted by atomic mass is 32.2. The zero-order valence-corrected chi connectivity index (χ0v) is 18.4. The minimum Gasteiger partial charge on any atom is -0.465 e. The third kappa shape index (κ3) is 5.74. The van der Waals surface area contributed by atoms with Crippen LogP contribution in [0.1, 0.15) is 12.0 Å². The molecule has 3 N–H and O–H groups in total. The molecule has 3 aromatic rings. The summed E-state index contributed by atoms with van der Waals surface area (Å²) < 4.78 is 28.7. The fourth-order valence-electron chi connectivity index (χ4n) is 3.63. The first kappa shape index (κ1) is 22.6. The third-order valence-electron chi connectivity index (χ3n) is 5.07. The molecule has 0 spiro atoms. The van der Waals surface area contributed by atoms with Gasteiger partial charge >= 0.3 is 6.09 Å². The number of fused-ring (bicyclic) bond motifs is 1. The predicted octanol–water partition coefficient (Wildman–Crippen LogP) is 3.45. The Morgan fingerprint density at radius 3 is 2.32 bits per heavy atom. The smallest absolute Gasteiger partial charge is 0.404 e. The van der Waals surface area contributed by atoms with Crippen molar-refractivity contribution >= 4 is 32.6 Å². The summed E-state index contributed by atoms with van der Waals surface area (Å²) in [5.41, 5.74) is 1.91. The molecule has 8 heteroatoms. The fourth-order valence-corrected chi connectivity index (χ4v) is 4.90. The van der Waals surface area contributed by atoms with Crippen molar-refractivity contribution in [3.8, 4) is 0 Å². The van der Waals surface area contributed by atoms with Crippen LogP contribution in [0.2, 0.25) is 0 Å². The van der Waals surface area contributed by atoms with Gasteiger partial charge in [0, 0.05) is 43.1 Å². The van der Waals surface area contributed by atoms with Crippen LogP contribution in [0, 0.1) is 0 Å². The van der Waals surface area contributed by atoms with E-state index in [2.05, 4.69) is 10.0 Å². The van der Waals surface area contributed by atoms with E-state index < -0.39 is 22.2 Å². The van der Waals surface area contributed by atoms with Gasteiger partial charge in [0.25, 0.3) is 0 Å². The topological polar surface area (TPSA) is 98.7 Å². The fraction of sp³-hybridized carbons (Fsp3) is 0.261. The Morgan fingerprint density at radius 2 is 1.65 bits per heavy atom. The van der Waals surface area contributed by atoms with Gasteiger partial charge in [-0.25, -0.2) is 17.9 Å². The molecule has 31 heavy (non-hydrogen) atoms. The number of nitrogens with one attached hydrogen (secondary N) is 2. The molecule has 0 aromatic heterocycles. The van der Waals surface area contributed by atoms with Crippen molar-refractivity contribution in [3.05, 3.63) is 72.3 Å². The third-order valence-corrected chi connectivity index (χ3v) is 6.59. The quantitative estimate of drug-likeness (QED) is 0.472. The first-order valence-electron chi connectivity index (χ1n) is 10.00. The number of amides is 1. The highest BCUT2D eigenvalue weighted by Gasteiger charge is 2.19. The van der Waals surface area contributed by atoms with Crippen molar-refractivity contribution in [3.63, 3.8) is 0 Å². The van der Waals surface area contributed by atoms with Crippen molar-refractivity contribution in [2.45, 2.75) is 23.8 Å². The number of hydrogen-bond acceptors (Lipinski definition) is 4. The van der Waals surface area contributed by atoms with Gasteiger partial charge in [0.1, 0.15) is 0 Å². The summed E-state index contributed by atoms with van der Waals surface area (Å²) in [6.07, 6.45) is -0.322. The van der Waals surface area contributed by atoms with E-state index in [1.165, 1.54) is 0 Å². The summed E-state index contributed by atoms with van der Waals surface area (Å²) in [6.45, 7) is 0.115. The van der Waals surface area contributed by atoms with E-state index in [-0.39, 0.29) is 11.4 Å². The van der Waals surface area contributed by atoms with Crippen LogP contribution in [0.4, 0.5) is 10.5 Å². The number of carbonyl (C=O) groups is 1. The highest BCUT2D eigenvalue weighted by molar-refractivity contribution is 7.89. The number of carboxylic acid groups (broad SMARTS) is 1. The first-order valence-corrected chi connectivity index (χ1v) is 11.5. The lowest BCUT2D eigenvalue weighted by atomic mass is 10.0. The molecule has 0 aliphatic carbocycles. The standard InChI is InChI=1S/C23H27N3O4S/c1-26(2)21-12-6-11-20-19(21)10-7-13-22(20)31(29,30)24-15-14-18(25-23(27)28)16-17-8-4-3-5-9-17/h3-13,18,24-25H,14-16H2,1-2H3,(H,27,28).